The summed E-state index contributed by atoms with van der Waals surface area (Å²) in [6.45, 7) is 2.86. The van der Waals surface area contributed by atoms with Crippen molar-refractivity contribution in [2.24, 2.45) is 7.05 Å². The van der Waals surface area contributed by atoms with E-state index in [4.69, 9.17) is 0 Å². The molecule has 1 aromatic heterocycles. The lowest BCUT2D eigenvalue weighted by Gasteiger charge is -2.29. The first kappa shape index (κ1) is 9.68. The van der Waals surface area contributed by atoms with E-state index in [1.807, 2.05) is 20.2 Å². The number of rotatable bonds is 2. The summed E-state index contributed by atoms with van der Waals surface area (Å²) in [5.74, 6) is 0. The van der Waals surface area contributed by atoms with Crippen LogP contribution in [-0.2, 0) is 12.6 Å². The molecule has 1 saturated heterocycles. The summed E-state index contributed by atoms with van der Waals surface area (Å²) in [4.78, 5) is 0. The maximum atomic E-state index is 10.4. The molecule has 2 unspecified atom stereocenters. The Morgan fingerprint density at radius 2 is 2.50 bits per heavy atom. The maximum absolute atomic E-state index is 10.4. The molecule has 2 heterocycles. The van der Waals surface area contributed by atoms with Gasteiger partial charge in [0.15, 0.2) is 0 Å². The zero-order valence-corrected chi connectivity index (χ0v) is 8.70. The fourth-order valence-corrected chi connectivity index (χ4v) is 2.05. The number of hydrogen-bond acceptors (Lipinski definition) is 3. The lowest BCUT2D eigenvalue weighted by Crippen LogP contribution is -2.42. The minimum atomic E-state index is -0.801. The topological polar surface area (TPSA) is 50.1 Å². The van der Waals surface area contributed by atoms with Crippen LogP contribution in [0.5, 0.6) is 0 Å². The van der Waals surface area contributed by atoms with E-state index in [0.29, 0.717) is 0 Å². The van der Waals surface area contributed by atoms with E-state index in [2.05, 4.69) is 10.4 Å². The van der Waals surface area contributed by atoms with Gasteiger partial charge in [-0.05, 0) is 26.3 Å². The highest BCUT2D eigenvalue weighted by atomic mass is 16.3. The third kappa shape index (κ3) is 1.55. The van der Waals surface area contributed by atoms with Crippen LogP contribution in [0.25, 0.3) is 0 Å². The summed E-state index contributed by atoms with van der Waals surface area (Å²) in [5, 5.41) is 17.8. The SMILES string of the molecule is Cn1cc(C(C)(O)C2CCCN2)cn1. The summed E-state index contributed by atoms with van der Waals surface area (Å²) >= 11 is 0. The molecule has 1 aliphatic rings. The number of aliphatic hydroxyl groups is 1. The Kier molecular flexibility index (Phi) is 2.33. The molecular formula is C10H17N3O. The Hall–Kier alpha value is -0.870. The van der Waals surface area contributed by atoms with Gasteiger partial charge in [0.2, 0.25) is 0 Å². The maximum Gasteiger partial charge on any atom is 0.105 e. The molecule has 2 N–H and O–H groups in total. The Balaban J connectivity index is 2.22. The molecule has 78 valence electrons. The number of nitrogens with zero attached hydrogens (tertiary/aromatic N) is 2. The molecule has 2 atom stereocenters. The molecule has 1 aromatic rings. The van der Waals surface area contributed by atoms with Gasteiger partial charge < -0.3 is 10.4 Å². The minimum absolute atomic E-state index is 0.159. The van der Waals surface area contributed by atoms with Crippen LogP contribution in [-0.4, -0.2) is 27.5 Å². The van der Waals surface area contributed by atoms with Crippen molar-refractivity contribution in [1.29, 1.82) is 0 Å². The molecule has 4 heteroatoms. The van der Waals surface area contributed by atoms with Gasteiger partial charge in [-0.1, -0.05) is 0 Å². The lowest BCUT2D eigenvalue weighted by atomic mass is 9.89. The molecule has 0 saturated carbocycles. The van der Waals surface area contributed by atoms with Gasteiger partial charge in [-0.3, -0.25) is 4.68 Å². The van der Waals surface area contributed by atoms with Crippen molar-refractivity contribution in [3.63, 3.8) is 0 Å². The largest absolute Gasteiger partial charge is 0.384 e. The van der Waals surface area contributed by atoms with Crippen LogP contribution < -0.4 is 5.32 Å². The zero-order chi connectivity index (χ0) is 10.2. The van der Waals surface area contributed by atoms with E-state index in [-0.39, 0.29) is 6.04 Å². The van der Waals surface area contributed by atoms with Crippen LogP contribution in [0.3, 0.4) is 0 Å². The highest BCUT2D eigenvalue weighted by Gasteiger charge is 2.36. The summed E-state index contributed by atoms with van der Waals surface area (Å²) < 4.78 is 1.72. The van der Waals surface area contributed by atoms with Gasteiger partial charge in [-0.15, -0.1) is 0 Å². The Morgan fingerprint density at radius 3 is 3.00 bits per heavy atom. The second-order valence-corrected chi connectivity index (χ2v) is 4.20. The van der Waals surface area contributed by atoms with Crippen molar-refractivity contribution < 1.29 is 5.11 Å². The molecule has 1 fully saturated rings. The second kappa shape index (κ2) is 3.37. The molecule has 0 radical (unpaired) electrons. The monoisotopic (exact) mass is 195 g/mol. The molecule has 2 rings (SSSR count). The molecule has 0 amide bonds. The molecular weight excluding hydrogens is 178 g/mol. The van der Waals surface area contributed by atoms with E-state index in [0.717, 1.165) is 24.9 Å². The van der Waals surface area contributed by atoms with Gasteiger partial charge in [-0.25, -0.2) is 0 Å². The molecule has 0 bridgehead atoms. The second-order valence-electron chi connectivity index (χ2n) is 4.20. The number of hydrogen-bond donors (Lipinski definition) is 2. The highest BCUT2D eigenvalue weighted by Crippen LogP contribution is 2.28. The van der Waals surface area contributed by atoms with Gasteiger partial charge in [0.25, 0.3) is 0 Å². The molecule has 14 heavy (non-hydrogen) atoms. The van der Waals surface area contributed by atoms with Crippen molar-refractivity contribution in [1.82, 2.24) is 15.1 Å². The quantitative estimate of drug-likeness (QED) is 0.717. The summed E-state index contributed by atoms with van der Waals surface area (Å²) in [5.41, 5.74) is 0.0875. The summed E-state index contributed by atoms with van der Waals surface area (Å²) in [6.07, 6.45) is 5.78. The van der Waals surface area contributed by atoms with Crippen LogP contribution in [0.2, 0.25) is 0 Å². The van der Waals surface area contributed by atoms with Crippen LogP contribution in [0.4, 0.5) is 0 Å². The average molecular weight is 195 g/mol. The number of aryl methyl sites for hydroxylation is 1. The molecule has 0 aliphatic carbocycles. The van der Waals surface area contributed by atoms with Crippen molar-refractivity contribution >= 4 is 0 Å². The predicted octanol–water partition coefficient (Wildman–Crippen LogP) is 0.380. The first-order valence-corrected chi connectivity index (χ1v) is 5.05. The standard InChI is InChI=1S/C10H17N3O/c1-10(14,9-4-3-5-11-9)8-6-12-13(2)7-8/h6-7,9,11,14H,3-5H2,1-2H3. The van der Waals surface area contributed by atoms with Crippen LogP contribution in [0.15, 0.2) is 12.4 Å². The first-order valence-electron chi connectivity index (χ1n) is 5.05. The van der Waals surface area contributed by atoms with Gasteiger partial charge >= 0.3 is 0 Å². The fraction of sp³-hybridized carbons (Fsp3) is 0.700. The fourth-order valence-electron chi connectivity index (χ4n) is 2.05. The molecule has 0 aromatic carbocycles. The van der Waals surface area contributed by atoms with E-state index in [9.17, 15) is 5.11 Å². The van der Waals surface area contributed by atoms with Gasteiger partial charge in [0.1, 0.15) is 5.60 Å². The van der Waals surface area contributed by atoms with Gasteiger partial charge in [0, 0.05) is 24.8 Å². The molecule has 4 nitrogen and oxygen atoms in total. The van der Waals surface area contributed by atoms with Crippen molar-refractivity contribution in [3.05, 3.63) is 18.0 Å². The molecule has 1 aliphatic heterocycles. The van der Waals surface area contributed by atoms with Crippen LogP contribution >= 0.6 is 0 Å². The van der Waals surface area contributed by atoms with Crippen LogP contribution in [0.1, 0.15) is 25.3 Å². The average Bonchev–Trinajstić information content (AvgIpc) is 2.72. The minimum Gasteiger partial charge on any atom is -0.384 e. The third-order valence-corrected chi connectivity index (χ3v) is 3.03. The lowest BCUT2D eigenvalue weighted by molar-refractivity contribution is 0.0218. The number of nitrogens with one attached hydrogen (secondary N) is 1. The third-order valence-electron chi connectivity index (χ3n) is 3.03. The van der Waals surface area contributed by atoms with E-state index in [1.165, 1.54) is 0 Å². The van der Waals surface area contributed by atoms with Gasteiger partial charge in [0.05, 0.1) is 6.20 Å². The van der Waals surface area contributed by atoms with Crippen molar-refractivity contribution in [2.45, 2.75) is 31.4 Å². The summed E-state index contributed by atoms with van der Waals surface area (Å²) in [7, 11) is 1.86. The zero-order valence-electron chi connectivity index (χ0n) is 8.70. The highest BCUT2D eigenvalue weighted by molar-refractivity contribution is 5.17. The van der Waals surface area contributed by atoms with E-state index < -0.39 is 5.60 Å². The number of aromatic nitrogens is 2. The van der Waals surface area contributed by atoms with Gasteiger partial charge in [-0.2, -0.15) is 5.10 Å². The Labute approximate surface area is 83.9 Å². The van der Waals surface area contributed by atoms with Crippen molar-refractivity contribution in [2.75, 3.05) is 6.54 Å². The van der Waals surface area contributed by atoms with Crippen LogP contribution in [0, 0.1) is 0 Å². The first-order chi connectivity index (χ1) is 6.60. The Bertz CT molecular complexity index is 313. The van der Waals surface area contributed by atoms with E-state index >= 15 is 0 Å². The summed E-state index contributed by atoms with van der Waals surface area (Å²) in [6, 6.07) is 0.159. The van der Waals surface area contributed by atoms with E-state index in [1.54, 1.807) is 10.9 Å². The predicted molar refractivity (Wildman–Crippen MR) is 53.8 cm³/mol. The van der Waals surface area contributed by atoms with Crippen molar-refractivity contribution in [3.8, 4) is 0 Å². The smallest absolute Gasteiger partial charge is 0.105 e. The Morgan fingerprint density at radius 1 is 1.71 bits per heavy atom. The normalized spacial score (nSPS) is 26.4. The molecule has 0 spiro atoms.